The van der Waals surface area contributed by atoms with E-state index in [9.17, 15) is 10.1 Å². The van der Waals surface area contributed by atoms with Gasteiger partial charge in [-0.25, -0.2) is 0 Å². The van der Waals surface area contributed by atoms with E-state index in [1.807, 2.05) is 12.1 Å². The average Bonchev–Trinajstić information content (AvgIpc) is 2.77. The smallest absolute Gasteiger partial charge is 0.141 e. The van der Waals surface area contributed by atoms with Gasteiger partial charge in [0.15, 0.2) is 0 Å². The van der Waals surface area contributed by atoms with Crippen molar-refractivity contribution in [3.63, 3.8) is 0 Å². The van der Waals surface area contributed by atoms with Crippen LogP contribution in [0.25, 0.3) is 0 Å². The Labute approximate surface area is 132 Å². The first-order valence-electron chi connectivity index (χ1n) is 8.62. The molecule has 0 aliphatic heterocycles. The molecule has 3 unspecified atom stereocenters. The van der Waals surface area contributed by atoms with Gasteiger partial charge < -0.3 is 0 Å². The highest BCUT2D eigenvalue weighted by Crippen LogP contribution is 2.60. The quantitative estimate of drug-likeness (QED) is 0.718. The molecular formula is C20H23NO. The fourth-order valence-electron chi connectivity index (χ4n) is 5.83. The van der Waals surface area contributed by atoms with E-state index in [1.54, 1.807) is 0 Å². The maximum absolute atomic E-state index is 12.6. The molecule has 2 heteroatoms. The van der Waals surface area contributed by atoms with Crippen LogP contribution in [0, 0.1) is 34.5 Å². The first kappa shape index (κ1) is 14.0. The predicted octanol–water partition coefficient (Wildman–Crippen LogP) is 4.23. The van der Waals surface area contributed by atoms with Crippen molar-refractivity contribution in [2.45, 2.75) is 51.9 Å². The molecule has 0 radical (unpaired) electrons. The third kappa shape index (κ3) is 1.69. The maximum Gasteiger partial charge on any atom is 0.141 e. The molecule has 0 aromatic heterocycles. The summed E-state index contributed by atoms with van der Waals surface area (Å²) in [6.07, 6.45) is 5.37. The van der Waals surface area contributed by atoms with Crippen LogP contribution in [0.2, 0.25) is 0 Å². The number of fused-ring (bicyclic) bond motifs is 5. The molecule has 0 N–H and O–H groups in total. The van der Waals surface area contributed by atoms with Gasteiger partial charge in [0, 0.05) is 11.3 Å². The van der Waals surface area contributed by atoms with Gasteiger partial charge in [0.25, 0.3) is 0 Å². The van der Waals surface area contributed by atoms with Gasteiger partial charge in [0.2, 0.25) is 0 Å². The monoisotopic (exact) mass is 293 g/mol. The van der Waals surface area contributed by atoms with Gasteiger partial charge in [-0.1, -0.05) is 26.0 Å². The molecule has 3 aliphatic carbocycles. The van der Waals surface area contributed by atoms with Crippen molar-refractivity contribution >= 4 is 5.78 Å². The summed E-state index contributed by atoms with van der Waals surface area (Å²) in [6.45, 7) is 4.34. The molecule has 2 fully saturated rings. The summed E-state index contributed by atoms with van der Waals surface area (Å²) in [7, 11) is 0. The second kappa shape index (κ2) is 4.69. The molecule has 0 spiro atoms. The Morgan fingerprint density at radius 1 is 1.32 bits per heavy atom. The number of carbonyl (C=O) groups excluding carboxylic acids is 1. The highest BCUT2D eigenvalue weighted by molar-refractivity contribution is 5.89. The van der Waals surface area contributed by atoms with E-state index in [4.69, 9.17) is 0 Å². The lowest BCUT2D eigenvalue weighted by Gasteiger charge is -2.48. The zero-order valence-electron chi connectivity index (χ0n) is 13.4. The number of nitrogens with zero attached hydrogens (tertiary/aromatic N) is 1. The molecule has 2 saturated carbocycles. The number of ketones is 1. The summed E-state index contributed by atoms with van der Waals surface area (Å²) in [5, 5.41) is 9.36. The predicted molar refractivity (Wildman–Crippen MR) is 85.3 cm³/mol. The van der Waals surface area contributed by atoms with E-state index in [-0.39, 0.29) is 11.3 Å². The van der Waals surface area contributed by atoms with Crippen LogP contribution in [-0.2, 0) is 11.2 Å². The Kier molecular flexibility index (Phi) is 2.98. The molecule has 5 atom stereocenters. The molecule has 114 valence electrons. The lowest BCUT2D eigenvalue weighted by atomic mass is 9.55. The Bertz CT molecular complexity index is 685. The second-order valence-corrected chi connectivity index (χ2v) is 7.86. The molecule has 3 aliphatic rings. The highest BCUT2D eigenvalue weighted by Gasteiger charge is 2.56. The standard InChI is InChI=1S/C20H23NO/c1-12-10-18-17-7-6-14-13(11-21)4-3-5-15(14)16(17)8-9-20(18,2)19(12)22/h3-5,12,16-18H,6-10H2,1-2H3/t12-,16?,17?,18?,20-/m0/s1. The van der Waals surface area contributed by atoms with E-state index in [1.165, 1.54) is 11.1 Å². The van der Waals surface area contributed by atoms with Crippen molar-refractivity contribution in [1.82, 2.24) is 0 Å². The van der Waals surface area contributed by atoms with Crippen molar-refractivity contribution in [3.05, 3.63) is 34.9 Å². The number of hydrogen-bond donors (Lipinski definition) is 0. The van der Waals surface area contributed by atoms with Gasteiger partial charge in [0.05, 0.1) is 11.6 Å². The van der Waals surface area contributed by atoms with Crippen LogP contribution in [0.4, 0.5) is 0 Å². The minimum absolute atomic E-state index is 0.0784. The van der Waals surface area contributed by atoms with E-state index in [2.05, 4.69) is 26.0 Å². The van der Waals surface area contributed by atoms with Gasteiger partial charge in [-0.2, -0.15) is 5.26 Å². The van der Waals surface area contributed by atoms with Gasteiger partial charge >= 0.3 is 0 Å². The highest BCUT2D eigenvalue weighted by atomic mass is 16.1. The van der Waals surface area contributed by atoms with Crippen molar-refractivity contribution < 1.29 is 4.79 Å². The van der Waals surface area contributed by atoms with Crippen LogP contribution < -0.4 is 0 Å². The van der Waals surface area contributed by atoms with Gasteiger partial charge in [-0.3, -0.25) is 4.79 Å². The van der Waals surface area contributed by atoms with E-state index in [0.29, 0.717) is 23.5 Å². The van der Waals surface area contributed by atoms with Crippen LogP contribution in [0.1, 0.15) is 62.1 Å². The minimum Gasteiger partial charge on any atom is -0.299 e. The topological polar surface area (TPSA) is 40.9 Å². The molecule has 0 amide bonds. The molecule has 0 bridgehead atoms. The molecule has 0 heterocycles. The maximum atomic E-state index is 12.6. The summed E-state index contributed by atoms with van der Waals surface area (Å²) in [5.74, 6) is 2.49. The Morgan fingerprint density at radius 3 is 2.91 bits per heavy atom. The Balaban J connectivity index is 1.75. The molecular weight excluding hydrogens is 270 g/mol. The van der Waals surface area contributed by atoms with E-state index >= 15 is 0 Å². The second-order valence-electron chi connectivity index (χ2n) is 7.86. The SMILES string of the molecule is C[C@H]1CC2C3CCc4c(C#N)cccc4C3CC[C@]2(C)C1=O. The average molecular weight is 293 g/mol. The summed E-state index contributed by atoms with van der Waals surface area (Å²) < 4.78 is 0. The molecule has 0 saturated heterocycles. The number of rotatable bonds is 0. The number of hydrogen-bond acceptors (Lipinski definition) is 2. The van der Waals surface area contributed by atoms with Crippen LogP contribution >= 0.6 is 0 Å². The first-order chi connectivity index (χ1) is 10.6. The van der Waals surface area contributed by atoms with Crippen molar-refractivity contribution in [1.29, 1.82) is 5.26 Å². The van der Waals surface area contributed by atoms with Crippen molar-refractivity contribution in [3.8, 4) is 6.07 Å². The molecule has 22 heavy (non-hydrogen) atoms. The van der Waals surface area contributed by atoms with Gasteiger partial charge in [-0.05, 0) is 67.1 Å². The molecule has 1 aromatic carbocycles. The fraction of sp³-hybridized carbons (Fsp3) is 0.600. The summed E-state index contributed by atoms with van der Waals surface area (Å²) in [6, 6.07) is 8.59. The van der Waals surface area contributed by atoms with Crippen molar-refractivity contribution in [2.24, 2.45) is 23.2 Å². The van der Waals surface area contributed by atoms with E-state index < -0.39 is 0 Å². The molecule has 2 nitrogen and oxygen atoms in total. The number of benzene rings is 1. The van der Waals surface area contributed by atoms with Crippen LogP contribution in [0.5, 0.6) is 0 Å². The third-order valence-electron chi connectivity index (χ3n) is 6.90. The van der Waals surface area contributed by atoms with Gasteiger partial charge in [-0.15, -0.1) is 0 Å². The number of carbonyl (C=O) groups is 1. The van der Waals surface area contributed by atoms with E-state index in [0.717, 1.165) is 37.7 Å². The van der Waals surface area contributed by atoms with Gasteiger partial charge in [0.1, 0.15) is 5.78 Å². The molecule has 1 aromatic rings. The Morgan fingerprint density at radius 2 is 2.14 bits per heavy atom. The summed E-state index contributed by atoms with van der Waals surface area (Å²) in [5.41, 5.74) is 3.47. The van der Waals surface area contributed by atoms with Crippen LogP contribution in [0.15, 0.2) is 18.2 Å². The zero-order valence-corrected chi connectivity index (χ0v) is 13.4. The Hall–Kier alpha value is -1.62. The zero-order chi connectivity index (χ0) is 15.5. The van der Waals surface area contributed by atoms with Crippen LogP contribution in [-0.4, -0.2) is 5.78 Å². The summed E-state index contributed by atoms with van der Waals surface area (Å²) in [4.78, 5) is 12.6. The fourth-order valence-corrected chi connectivity index (χ4v) is 5.83. The lowest BCUT2D eigenvalue weighted by Crippen LogP contribution is -2.42. The third-order valence-corrected chi connectivity index (χ3v) is 6.90. The number of nitriles is 1. The largest absolute Gasteiger partial charge is 0.299 e. The number of Topliss-reactive ketones (excluding diaryl/α,β-unsaturated/α-hetero) is 1. The normalized spacial score (nSPS) is 39.6. The van der Waals surface area contributed by atoms with Crippen LogP contribution in [0.3, 0.4) is 0 Å². The minimum atomic E-state index is -0.0784. The molecule has 4 rings (SSSR count). The first-order valence-corrected chi connectivity index (χ1v) is 8.62. The van der Waals surface area contributed by atoms with Crippen molar-refractivity contribution in [2.75, 3.05) is 0 Å². The lowest BCUT2D eigenvalue weighted by molar-refractivity contribution is -0.131. The summed E-state index contributed by atoms with van der Waals surface area (Å²) >= 11 is 0.